The lowest BCUT2D eigenvalue weighted by Gasteiger charge is -2.19. The number of nitrogens with one attached hydrogen (secondary N) is 1. The van der Waals surface area contributed by atoms with Crippen molar-refractivity contribution in [3.63, 3.8) is 0 Å². The minimum Gasteiger partial charge on any atom is -0.473 e. The van der Waals surface area contributed by atoms with Crippen LogP contribution in [0.4, 0.5) is 9.18 Å². The van der Waals surface area contributed by atoms with E-state index in [0.29, 0.717) is 5.56 Å². The molecule has 1 rings (SSSR count). The average molecular weight is 284 g/mol. The number of hydrogen-bond donors (Lipinski definition) is 1. The van der Waals surface area contributed by atoms with E-state index in [9.17, 15) is 9.18 Å². The van der Waals surface area contributed by atoms with Crippen molar-refractivity contribution in [3.05, 3.63) is 23.6 Å². The second-order valence-electron chi connectivity index (χ2n) is 5.65. The summed E-state index contributed by atoms with van der Waals surface area (Å²) in [5, 5.41) is 2.53. The van der Waals surface area contributed by atoms with Crippen LogP contribution in [-0.4, -0.2) is 22.8 Å². The van der Waals surface area contributed by atoms with Crippen molar-refractivity contribution in [3.8, 4) is 5.88 Å². The number of halogens is 1. The summed E-state index contributed by atoms with van der Waals surface area (Å²) in [4.78, 5) is 15.3. The van der Waals surface area contributed by atoms with Crippen molar-refractivity contribution in [2.24, 2.45) is 0 Å². The summed E-state index contributed by atoms with van der Waals surface area (Å²) in [5.74, 6) is -0.594. The van der Waals surface area contributed by atoms with Crippen LogP contribution in [0, 0.1) is 5.82 Å². The Kier molecular flexibility index (Phi) is 5.30. The first kappa shape index (κ1) is 16.2. The highest BCUT2D eigenvalue weighted by atomic mass is 19.1. The molecule has 0 aromatic carbocycles. The molecule has 0 saturated carbocycles. The van der Waals surface area contributed by atoms with E-state index in [1.807, 2.05) is 0 Å². The third-order valence-corrected chi connectivity index (χ3v) is 2.05. The number of alkyl carbamates (subject to hydrolysis) is 1. The predicted molar refractivity (Wildman–Crippen MR) is 73.0 cm³/mol. The quantitative estimate of drug-likeness (QED) is 0.923. The van der Waals surface area contributed by atoms with Gasteiger partial charge in [-0.15, -0.1) is 0 Å². The van der Waals surface area contributed by atoms with E-state index in [1.54, 1.807) is 34.6 Å². The molecule has 0 aliphatic carbocycles. The zero-order valence-electron chi connectivity index (χ0n) is 12.5. The van der Waals surface area contributed by atoms with Crippen LogP contribution in [0.3, 0.4) is 0 Å². The van der Waals surface area contributed by atoms with Crippen LogP contribution in [0.5, 0.6) is 5.88 Å². The van der Waals surface area contributed by atoms with Gasteiger partial charge in [-0.1, -0.05) is 0 Å². The summed E-state index contributed by atoms with van der Waals surface area (Å²) in [6.07, 6.45) is 0.751. The minimum atomic E-state index is -0.567. The van der Waals surface area contributed by atoms with E-state index < -0.39 is 17.5 Å². The van der Waals surface area contributed by atoms with Gasteiger partial charge in [-0.2, -0.15) is 0 Å². The molecule has 1 aromatic heterocycles. The molecule has 0 unspecified atom stereocenters. The number of aromatic nitrogens is 1. The van der Waals surface area contributed by atoms with Gasteiger partial charge in [0.1, 0.15) is 5.60 Å². The van der Waals surface area contributed by atoms with Gasteiger partial charge in [-0.3, -0.25) is 0 Å². The predicted octanol–water partition coefficient (Wildman–Crippen LogP) is 3.03. The van der Waals surface area contributed by atoms with Crippen LogP contribution < -0.4 is 10.1 Å². The van der Waals surface area contributed by atoms with E-state index >= 15 is 0 Å². The number of amides is 1. The van der Waals surface area contributed by atoms with Gasteiger partial charge in [0.25, 0.3) is 5.88 Å². The maximum absolute atomic E-state index is 13.7. The van der Waals surface area contributed by atoms with Gasteiger partial charge in [0.05, 0.1) is 6.10 Å². The van der Waals surface area contributed by atoms with Gasteiger partial charge in [-0.25, -0.2) is 14.2 Å². The number of carbonyl (C=O) groups is 1. The second-order valence-corrected chi connectivity index (χ2v) is 5.65. The fraction of sp³-hybridized carbons (Fsp3) is 0.571. The lowest BCUT2D eigenvalue weighted by Crippen LogP contribution is -2.32. The first-order chi connectivity index (χ1) is 9.17. The van der Waals surface area contributed by atoms with Gasteiger partial charge >= 0.3 is 6.09 Å². The number of nitrogens with zero attached hydrogens (tertiary/aromatic N) is 1. The molecule has 0 spiro atoms. The standard InChI is InChI=1S/C14H21FN2O3/c1-9(2)19-12-11(15)6-10(7-16-12)8-17-13(18)20-14(3,4)5/h6-7,9H,8H2,1-5H3,(H,17,18). The summed E-state index contributed by atoms with van der Waals surface area (Å²) in [5.41, 5.74) is -0.0350. The molecule has 0 radical (unpaired) electrons. The van der Waals surface area contributed by atoms with Crippen LogP contribution >= 0.6 is 0 Å². The molecule has 1 amide bonds. The topological polar surface area (TPSA) is 60.5 Å². The van der Waals surface area contributed by atoms with Gasteiger partial charge in [0.2, 0.25) is 0 Å². The highest BCUT2D eigenvalue weighted by molar-refractivity contribution is 5.67. The molecule has 1 heterocycles. The van der Waals surface area contributed by atoms with Gasteiger partial charge in [0.15, 0.2) is 5.82 Å². The molecule has 1 N–H and O–H groups in total. The molecule has 0 fully saturated rings. The summed E-state index contributed by atoms with van der Waals surface area (Å²) in [6, 6.07) is 1.28. The van der Waals surface area contributed by atoms with Gasteiger partial charge < -0.3 is 14.8 Å². The van der Waals surface area contributed by atoms with Gasteiger partial charge in [-0.05, 0) is 46.2 Å². The zero-order valence-corrected chi connectivity index (χ0v) is 12.5. The molecule has 5 nitrogen and oxygen atoms in total. The molecule has 6 heteroatoms. The van der Waals surface area contributed by atoms with Crippen molar-refractivity contribution in [2.75, 3.05) is 0 Å². The van der Waals surface area contributed by atoms with Gasteiger partial charge in [0, 0.05) is 12.7 Å². The minimum absolute atomic E-state index is 0.0407. The third kappa shape index (κ3) is 5.86. The second kappa shape index (κ2) is 6.54. The molecule has 0 saturated heterocycles. The monoisotopic (exact) mass is 284 g/mol. The number of pyridine rings is 1. The van der Waals surface area contributed by atoms with Crippen molar-refractivity contribution in [1.82, 2.24) is 10.3 Å². The number of rotatable bonds is 4. The molecule has 112 valence electrons. The molecule has 1 aromatic rings. The summed E-state index contributed by atoms with van der Waals surface area (Å²) in [7, 11) is 0. The highest BCUT2D eigenvalue weighted by Crippen LogP contribution is 2.16. The summed E-state index contributed by atoms with van der Waals surface area (Å²) in [6.45, 7) is 9.03. The van der Waals surface area contributed by atoms with Crippen LogP contribution in [0.2, 0.25) is 0 Å². The van der Waals surface area contributed by atoms with Crippen LogP contribution in [0.1, 0.15) is 40.2 Å². The zero-order chi connectivity index (χ0) is 15.3. The maximum atomic E-state index is 13.7. The average Bonchev–Trinajstić information content (AvgIpc) is 2.27. The first-order valence-corrected chi connectivity index (χ1v) is 6.45. The lowest BCUT2D eigenvalue weighted by molar-refractivity contribution is 0.0523. The van der Waals surface area contributed by atoms with E-state index in [1.165, 1.54) is 12.3 Å². The van der Waals surface area contributed by atoms with Crippen LogP contribution in [0.25, 0.3) is 0 Å². The SMILES string of the molecule is CC(C)Oc1ncc(CNC(=O)OC(C)(C)C)cc1F. The fourth-order valence-corrected chi connectivity index (χ4v) is 1.36. The summed E-state index contributed by atoms with van der Waals surface area (Å²) < 4.78 is 23.9. The Bertz CT molecular complexity index is 470. The molecule has 20 heavy (non-hydrogen) atoms. The molecule has 0 atom stereocenters. The maximum Gasteiger partial charge on any atom is 0.407 e. The number of carbonyl (C=O) groups excluding carboxylic acids is 1. The Balaban J connectivity index is 2.57. The van der Waals surface area contributed by atoms with E-state index in [0.717, 1.165) is 0 Å². The largest absolute Gasteiger partial charge is 0.473 e. The number of hydrogen-bond acceptors (Lipinski definition) is 4. The Morgan fingerprint density at radius 2 is 2.10 bits per heavy atom. The third-order valence-electron chi connectivity index (χ3n) is 2.05. The van der Waals surface area contributed by atoms with Crippen LogP contribution in [-0.2, 0) is 11.3 Å². The van der Waals surface area contributed by atoms with E-state index in [2.05, 4.69) is 10.3 Å². The van der Waals surface area contributed by atoms with E-state index in [-0.39, 0.29) is 18.5 Å². The summed E-state index contributed by atoms with van der Waals surface area (Å²) >= 11 is 0. The Labute approximate surface area is 118 Å². The molecular formula is C14H21FN2O3. The number of ether oxygens (including phenoxy) is 2. The Hall–Kier alpha value is -1.85. The Morgan fingerprint density at radius 1 is 1.45 bits per heavy atom. The van der Waals surface area contributed by atoms with Crippen LogP contribution in [0.15, 0.2) is 12.3 Å². The lowest BCUT2D eigenvalue weighted by atomic mass is 10.2. The molecular weight excluding hydrogens is 263 g/mol. The van der Waals surface area contributed by atoms with Crippen molar-refractivity contribution >= 4 is 6.09 Å². The smallest absolute Gasteiger partial charge is 0.407 e. The molecule has 0 bridgehead atoms. The molecule has 0 aliphatic heterocycles. The van der Waals surface area contributed by atoms with E-state index in [4.69, 9.17) is 9.47 Å². The fourth-order valence-electron chi connectivity index (χ4n) is 1.36. The normalized spacial score (nSPS) is 11.3. The van der Waals surface area contributed by atoms with Crippen molar-refractivity contribution in [2.45, 2.75) is 52.9 Å². The van der Waals surface area contributed by atoms with Crippen molar-refractivity contribution < 1.29 is 18.7 Å². The highest BCUT2D eigenvalue weighted by Gasteiger charge is 2.16. The molecule has 0 aliphatic rings. The van der Waals surface area contributed by atoms with Crippen molar-refractivity contribution in [1.29, 1.82) is 0 Å². The Morgan fingerprint density at radius 3 is 2.60 bits per heavy atom. The first-order valence-electron chi connectivity index (χ1n) is 6.45.